The first-order valence-corrected chi connectivity index (χ1v) is 5.58. The Morgan fingerprint density at radius 3 is 2.88 bits per heavy atom. The van der Waals surface area contributed by atoms with Crippen molar-refractivity contribution in [3.63, 3.8) is 0 Å². The van der Waals surface area contributed by atoms with E-state index in [-0.39, 0.29) is 6.04 Å². The van der Waals surface area contributed by atoms with Crippen molar-refractivity contribution >= 4 is 11.6 Å². The minimum Gasteiger partial charge on any atom is -0.328 e. The molecule has 1 aromatic carbocycles. The van der Waals surface area contributed by atoms with E-state index >= 15 is 0 Å². The molecule has 1 atom stereocenters. The highest BCUT2D eigenvalue weighted by atomic mass is 35.5. The smallest absolute Gasteiger partial charge is 0.0995 e. The predicted molar refractivity (Wildman–Crippen MR) is 65.9 cm³/mol. The lowest BCUT2D eigenvalue weighted by Crippen LogP contribution is -2.17. The summed E-state index contributed by atoms with van der Waals surface area (Å²) in [6, 6.07) is 7.80. The summed E-state index contributed by atoms with van der Waals surface area (Å²) in [5, 5.41) is 0.715. The highest BCUT2D eigenvalue weighted by molar-refractivity contribution is 6.32. The lowest BCUT2D eigenvalue weighted by molar-refractivity contribution is 0.725. The number of para-hydroxylation sites is 1. The molecule has 0 saturated heterocycles. The maximum Gasteiger partial charge on any atom is 0.0995 e. The van der Waals surface area contributed by atoms with Crippen LogP contribution in [0.15, 0.2) is 36.8 Å². The van der Waals surface area contributed by atoms with Crippen LogP contribution in [0.4, 0.5) is 0 Å². The minimum atomic E-state index is 0.120. The molecule has 0 fully saturated rings. The number of nitrogens with two attached hydrogens (primary N) is 1. The molecule has 0 saturated carbocycles. The molecule has 1 heterocycles. The van der Waals surface area contributed by atoms with Gasteiger partial charge in [-0.3, -0.25) is 0 Å². The number of rotatable bonds is 3. The van der Waals surface area contributed by atoms with Gasteiger partial charge in [0.15, 0.2) is 0 Å². The molecular weight excluding hydrogens is 222 g/mol. The number of benzene rings is 1. The quantitative estimate of drug-likeness (QED) is 0.888. The average molecular weight is 236 g/mol. The van der Waals surface area contributed by atoms with Gasteiger partial charge in [-0.25, -0.2) is 4.98 Å². The summed E-state index contributed by atoms with van der Waals surface area (Å²) in [7, 11) is 0. The Balaban J connectivity index is 2.28. The molecule has 2 aromatic rings. The van der Waals surface area contributed by atoms with Crippen LogP contribution in [0.25, 0.3) is 5.69 Å². The van der Waals surface area contributed by atoms with Crippen LogP contribution in [-0.4, -0.2) is 15.6 Å². The van der Waals surface area contributed by atoms with E-state index in [1.165, 1.54) is 0 Å². The molecular formula is C12H14ClN3. The SMILES string of the molecule is CC(N)Cc1cn(-c2ccccc2Cl)cn1. The van der Waals surface area contributed by atoms with Crippen LogP contribution in [0.5, 0.6) is 0 Å². The summed E-state index contributed by atoms with van der Waals surface area (Å²) < 4.78 is 1.92. The Morgan fingerprint density at radius 1 is 1.44 bits per heavy atom. The van der Waals surface area contributed by atoms with Crippen molar-refractivity contribution in [3.8, 4) is 5.69 Å². The highest BCUT2D eigenvalue weighted by Crippen LogP contribution is 2.19. The molecule has 4 heteroatoms. The first-order valence-electron chi connectivity index (χ1n) is 5.20. The molecule has 0 spiro atoms. The third kappa shape index (κ3) is 2.43. The van der Waals surface area contributed by atoms with E-state index in [2.05, 4.69) is 4.98 Å². The van der Waals surface area contributed by atoms with Crippen LogP contribution in [0.2, 0.25) is 5.02 Å². The van der Waals surface area contributed by atoms with E-state index in [0.717, 1.165) is 17.8 Å². The van der Waals surface area contributed by atoms with Gasteiger partial charge in [-0.15, -0.1) is 0 Å². The fraction of sp³-hybridized carbons (Fsp3) is 0.250. The second-order valence-corrected chi connectivity index (χ2v) is 4.31. The van der Waals surface area contributed by atoms with Crippen molar-refractivity contribution in [2.75, 3.05) is 0 Å². The average Bonchev–Trinajstić information content (AvgIpc) is 2.66. The van der Waals surface area contributed by atoms with E-state index in [0.29, 0.717) is 5.02 Å². The van der Waals surface area contributed by atoms with Crippen LogP contribution in [0.3, 0.4) is 0 Å². The predicted octanol–water partition coefficient (Wildman–Crippen LogP) is 2.42. The standard InChI is InChI=1S/C12H14ClN3/c1-9(14)6-10-7-16(8-15-10)12-5-3-2-4-11(12)13/h2-5,7-9H,6,14H2,1H3. The van der Waals surface area contributed by atoms with Crippen molar-refractivity contribution in [1.29, 1.82) is 0 Å². The Labute approximate surface area is 99.9 Å². The molecule has 1 unspecified atom stereocenters. The van der Waals surface area contributed by atoms with Crippen molar-refractivity contribution in [2.45, 2.75) is 19.4 Å². The summed E-state index contributed by atoms with van der Waals surface area (Å²) in [5.41, 5.74) is 7.65. The fourth-order valence-electron chi connectivity index (χ4n) is 1.59. The molecule has 0 aliphatic rings. The zero-order valence-corrected chi connectivity index (χ0v) is 9.85. The number of imidazole rings is 1. The molecule has 84 valence electrons. The van der Waals surface area contributed by atoms with Gasteiger partial charge in [-0.2, -0.15) is 0 Å². The number of hydrogen-bond acceptors (Lipinski definition) is 2. The van der Waals surface area contributed by atoms with Gasteiger partial charge in [0.25, 0.3) is 0 Å². The van der Waals surface area contributed by atoms with Crippen molar-refractivity contribution in [3.05, 3.63) is 47.5 Å². The Morgan fingerprint density at radius 2 is 2.19 bits per heavy atom. The molecule has 0 aliphatic heterocycles. The van der Waals surface area contributed by atoms with Crippen LogP contribution in [0, 0.1) is 0 Å². The van der Waals surface area contributed by atoms with Gasteiger partial charge in [0.05, 0.1) is 22.7 Å². The maximum absolute atomic E-state index is 6.10. The van der Waals surface area contributed by atoms with E-state index in [9.17, 15) is 0 Å². The number of hydrogen-bond donors (Lipinski definition) is 1. The van der Waals surface area contributed by atoms with E-state index in [1.807, 2.05) is 42.0 Å². The zero-order chi connectivity index (χ0) is 11.5. The summed E-state index contributed by atoms with van der Waals surface area (Å²) >= 11 is 6.10. The third-order valence-corrected chi connectivity index (χ3v) is 2.62. The molecule has 1 aromatic heterocycles. The zero-order valence-electron chi connectivity index (χ0n) is 9.10. The summed E-state index contributed by atoms with van der Waals surface area (Å²) in [6.45, 7) is 1.97. The van der Waals surface area contributed by atoms with Crippen LogP contribution >= 0.6 is 11.6 Å². The number of nitrogens with zero attached hydrogens (tertiary/aromatic N) is 2. The lowest BCUT2D eigenvalue weighted by Gasteiger charge is -2.03. The largest absolute Gasteiger partial charge is 0.328 e. The first-order chi connectivity index (χ1) is 7.66. The van der Waals surface area contributed by atoms with Crippen molar-refractivity contribution in [2.24, 2.45) is 5.73 Å². The second kappa shape index (κ2) is 4.68. The minimum absolute atomic E-state index is 0.120. The topological polar surface area (TPSA) is 43.8 Å². The van der Waals surface area contributed by atoms with E-state index in [1.54, 1.807) is 6.33 Å². The summed E-state index contributed by atoms with van der Waals surface area (Å²) in [6.07, 6.45) is 4.50. The molecule has 2 rings (SSSR count). The fourth-order valence-corrected chi connectivity index (χ4v) is 1.83. The van der Waals surface area contributed by atoms with Gasteiger partial charge in [-0.05, 0) is 19.1 Å². The normalized spacial score (nSPS) is 12.7. The van der Waals surface area contributed by atoms with Crippen LogP contribution < -0.4 is 5.73 Å². The molecule has 0 bridgehead atoms. The summed E-state index contributed by atoms with van der Waals surface area (Å²) in [5.74, 6) is 0. The molecule has 0 amide bonds. The number of aromatic nitrogens is 2. The summed E-state index contributed by atoms with van der Waals surface area (Å²) in [4.78, 5) is 4.30. The monoisotopic (exact) mass is 235 g/mol. The number of halogens is 1. The molecule has 0 aliphatic carbocycles. The van der Waals surface area contributed by atoms with Crippen molar-refractivity contribution in [1.82, 2.24) is 9.55 Å². The Hall–Kier alpha value is -1.32. The highest BCUT2D eigenvalue weighted by Gasteiger charge is 2.05. The maximum atomic E-state index is 6.10. The first kappa shape index (κ1) is 11.2. The van der Waals surface area contributed by atoms with Gasteiger partial charge in [0.1, 0.15) is 0 Å². The van der Waals surface area contributed by atoms with Crippen molar-refractivity contribution < 1.29 is 0 Å². The molecule has 3 nitrogen and oxygen atoms in total. The second-order valence-electron chi connectivity index (χ2n) is 3.91. The van der Waals surface area contributed by atoms with E-state index < -0.39 is 0 Å². The lowest BCUT2D eigenvalue weighted by atomic mass is 10.2. The van der Waals surface area contributed by atoms with Gasteiger partial charge in [0.2, 0.25) is 0 Å². The van der Waals surface area contributed by atoms with Gasteiger partial charge < -0.3 is 10.3 Å². The van der Waals surface area contributed by atoms with E-state index in [4.69, 9.17) is 17.3 Å². The Kier molecular flexibility index (Phi) is 3.27. The Bertz CT molecular complexity index is 477. The molecule has 16 heavy (non-hydrogen) atoms. The molecule has 0 radical (unpaired) electrons. The van der Waals surface area contributed by atoms with Crippen LogP contribution in [-0.2, 0) is 6.42 Å². The van der Waals surface area contributed by atoms with Gasteiger partial charge >= 0.3 is 0 Å². The van der Waals surface area contributed by atoms with Gasteiger partial charge in [-0.1, -0.05) is 23.7 Å². The van der Waals surface area contributed by atoms with Gasteiger partial charge in [0, 0.05) is 18.7 Å². The van der Waals surface area contributed by atoms with Crippen LogP contribution in [0.1, 0.15) is 12.6 Å². The third-order valence-electron chi connectivity index (χ3n) is 2.30. The molecule has 2 N–H and O–H groups in total.